The van der Waals surface area contributed by atoms with Gasteiger partial charge in [0.2, 0.25) is 0 Å². The highest BCUT2D eigenvalue weighted by Crippen LogP contribution is 2.23. The highest BCUT2D eigenvalue weighted by molar-refractivity contribution is 5.93. The van der Waals surface area contributed by atoms with Gasteiger partial charge in [-0.1, -0.05) is 0 Å². The van der Waals surface area contributed by atoms with Gasteiger partial charge in [0.1, 0.15) is 5.69 Å². The Morgan fingerprint density at radius 3 is 2.42 bits per heavy atom. The van der Waals surface area contributed by atoms with E-state index < -0.39 is 0 Å². The summed E-state index contributed by atoms with van der Waals surface area (Å²) in [6, 6.07) is 7.63. The average Bonchev–Trinajstić information content (AvgIpc) is 3.33. The smallest absolute Gasteiger partial charge is 0.281 e. The first kappa shape index (κ1) is 16.8. The molecule has 2 aliphatic rings. The van der Waals surface area contributed by atoms with E-state index in [9.17, 15) is 10.0 Å². The fourth-order valence-corrected chi connectivity index (χ4v) is 3.85. The molecule has 4 heterocycles. The molecule has 7 nitrogen and oxygen atoms in total. The van der Waals surface area contributed by atoms with Crippen LogP contribution in [0.25, 0.3) is 0 Å². The highest BCUT2D eigenvalue weighted by atomic mass is 16.5. The van der Waals surface area contributed by atoms with Crippen LogP contribution >= 0.6 is 0 Å². The number of hydrogen-bond acceptors (Lipinski definition) is 4. The third-order valence-electron chi connectivity index (χ3n) is 5.41. The van der Waals surface area contributed by atoms with Gasteiger partial charge in [-0.25, -0.2) is 4.73 Å². The predicted octanol–water partition coefficient (Wildman–Crippen LogP) is 1.22. The Hall–Kier alpha value is -2.70. The van der Waals surface area contributed by atoms with Crippen molar-refractivity contribution >= 4 is 17.4 Å². The van der Waals surface area contributed by atoms with Crippen molar-refractivity contribution in [3.8, 4) is 0 Å². The molecule has 4 rings (SSSR count). The summed E-state index contributed by atoms with van der Waals surface area (Å²) < 4.78 is 2.82. The zero-order valence-corrected chi connectivity index (χ0v) is 15.2. The van der Waals surface area contributed by atoms with Gasteiger partial charge in [-0.05, 0) is 25.0 Å². The van der Waals surface area contributed by atoms with Crippen molar-refractivity contribution in [1.82, 2.24) is 9.47 Å². The average molecular weight is 355 g/mol. The lowest BCUT2D eigenvalue weighted by Crippen LogP contribution is -2.49. The van der Waals surface area contributed by atoms with Crippen LogP contribution in [-0.2, 0) is 7.05 Å². The minimum Gasteiger partial charge on any atom is -0.711 e. The molecule has 0 aromatic carbocycles. The molecule has 0 aliphatic carbocycles. The van der Waals surface area contributed by atoms with Gasteiger partial charge in [-0.2, -0.15) is 0 Å². The number of hydrogen-bond donors (Lipinski definition) is 0. The van der Waals surface area contributed by atoms with Crippen LogP contribution in [0.1, 0.15) is 23.3 Å². The molecule has 2 aliphatic heterocycles. The Kier molecular flexibility index (Phi) is 4.44. The maximum Gasteiger partial charge on any atom is 0.281 e. The van der Waals surface area contributed by atoms with E-state index in [-0.39, 0.29) is 5.91 Å². The summed E-state index contributed by atoms with van der Waals surface area (Å²) in [5.74, 6) is 0.822. The second-order valence-electron chi connectivity index (χ2n) is 7.05. The minimum absolute atomic E-state index is 0.0837. The summed E-state index contributed by atoms with van der Waals surface area (Å²) in [6.45, 7) is 4.83. The quantitative estimate of drug-likeness (QED) is 0.614. The molecule has 0 bridgehead atoms. The lowest BCUT2D eigenvalue weighted by Gasteiger charge is -2.36. The molecular formula is C19H25N5O2. The lowest BCUT2D eigenvalue weighted by atomic mass is 10.2. The molecule has 7 heteroatoms. The van der Waals surface area contributed by atoms with Gasteiger partial charge in [0, 0.05) is 51.2 Å². The van der Waals surface area contributed by atoms with E-state index in [1.165, 1.54) is 0 Å². The molecule has 0 spiro atoms. The van der Waals surface area contributed by atoms with E-state index in [0.717, 1.165) is 61.0 Å². The zero-order chi connectivity index (χ0) is 18.1. The summed E-state index contributed by atoms with van der Waals surface area (Å²) in [4.78, 5) is 19.0. The number of pyridine rings is 1. The Labute approximate surface area is 153 Å². The van der Waals surface area contributed by atoms with Crippen LogP contribution in [0.2, 0.25) is 0 Å². The van der Waals surface area contributed by atoms with E-state index in [4.69, 9.17) is 0 Å². The third kappa shape index (κ3) is 3.09. The van der Waals surface area contributed by atoms with Crippen LogP contribution in [0.5, 0.6) is 0 Å². The van der Waals surface area contributed by atoms with Crippen LogP contribution in [0, 0.1) is 5.21 Å². The van der Waals surface area contributed by atoms with Gasteiger partial charge in [0.15, 0.2) is 0 Å². The van der Waals surface area contributed by atoms with E-state index in [0.29, 0.717) is 13.1 Å². The molecule has 0 radical (unpaired) electrons. The van der Waals surface area contributed by atoms with E-state index in [1.807, 2.05) is 47.0 Å². The van der Waals surface area contributed by atoms with E-state index >= 15 is 0 Å². The molecule has 26 heavy (non-hydrogen) atoms. The topological polar surface area (TPSA) is 58.7 Å². The van der Waals surface area contributed by atoms with Crippen LogP contribution in [-0.4, -0.2) is 54.6 Å². The molecule has 2 aromatic heterocycles. The van der Waals surface area contributed by atoms with Crippen molar-refractivity contribution in [2.45, 2.75) is 12.8 Å². The number of nitrogens with zero attached hydrogens (tertiary/aromatic N) is 5. The first-order chi connectivity index (χ1) is 12.6. The zero-order valence-electron chi connectivity index (χ0n) is 15.2. The summed E-state index contributed by atoms with van der Waals surface area (Å²) >= 11 is 0. The van der Waals surface area contributed by atoms with Crippen molar-refractivity contribution in [3.63, 3.8) is 0 Å². The fraction of sp³-hybridized carbons (Fsp3) is 0.474. The predicted molar refractivity (Wildman–Crippen MR) is 100 cm³/mol. The van der Waals surface area contributed by atoms with Crippen LogP contribution in [0.4, 0.5) is 11.5 Å². The van der Waals surface area contributed by atoms with Crippen molar-refractivity contribution in [1.29, 1.82) is 0 Å². The van der Waals surface area contributed by atoms with E-state index in [2.05, 4.69) is 9.80 Å². The first-order valence-corrected chi connectivity index (χ1v) is 9.27. The van der Waals surface area contributed by atoms with Crippen LogP contribution < -0.4 is 14.5 Å². The Balaban J connectivity index is 1.44. The molecule has 2 fully saturated rings. The molecule has 138 valence electrons. The lowest BCUT2D eigenvalue weighted by molar-refractivity contribution is -0.592. The molecule has 0 saturated carbocycles. The number of amides is 1. The Bertz CT molecular complexity index is 789. The highest BCUT2D eigenvalue weighted by Gasteiger charge is 2.26. The number of anilines is 2. The van der Waals surface area contributed by atoms with Gasteiger partial charge in [-0.15, -0.1) is 0 Å². The maximum absolute atomic E-state index is 12.6. The summed E-state index contributed by atoms with van der Waals surface area (Å²) in [5, 5.41) is 12.1. The van der Waals surface area contributed by atoms with Crippen LogP contribution in [0.15, 0.2) is 36.7 Å². The number of aryl methyl sites for hydroxylation is 1. The van der Waals surface area contributed by atoms with Crippen molar-refractivity contribution in [2.24, 2.45) is 7.05 Å². The summed E-state index contributed by atoms with van der Waals surface area (Å²) in [6.07, 6.45) is 5.78. The molecule has 2 aromatic rings. The van der Waals surface area contributed by atoms with Gasteiger partial charge in [0.05, 0.1) is 25.4 Å². The van der Waals surface area contributed by atoms with E-state index in [1.54, 1.807) is 6.20 Å². The number of carbonyl (C=O) groups excluding carboxylic acids is 1. The number of piperazine rings is 1. The number of rotatable bonds is 3. The molecular weight excluding hydrogens is 330 g/mol. The standard InChI is InChI=1S/C19H25N5O2/c1-20-7-4-5-17(20)19(25)23-13-11-21(12-14-23)16-6-10-24(26)18(15-16)22-8-2-3-9-22/h4-7,10,15H,2-3,8-9,11-14H2,1H3. The monoisotopic (exact) mass is 355 g/mol. The van der Waals surface area contributed by atoms with Gasteiger partial charge in [0.25, 0.3) is 11.7 Å². The Morgan fingerprint density at radius 1 is 1.04 bits per heavy atom. The fourth-order valence-electron chi connectivity index (χ4n) is 3.85. The molecule has 2 saturated heterocycles. The SMILES string of the molecule is Cn1cccc1C(=O)N1CCN(c2cc[n+]([O-])c(N3CCCC3)c2)CC1. The van der Waals surface area contributed by atoms with Gasteiger partial charge >= 0.3 is 0 Å². The van der Waals surface area contributed by atoms with Crippen molar-refractivity contribution in [2.75, 3.05) is 49.1 Å². The number of carbonyl (C=O) groups is 1. The van der Waals surface area contributed by atoms with Gasteiger partial charge < -0.3 is 19.6 Å². The third-order valence-corrected chi connectivity index (χ3v) is 5.41. The first-order valence-electron chi connectivity index (χ1n) is 9.27. The number of aromatic nitrogens is 2. The van der Waals surface area contributed by atoms with Crippen molar-refractivity contribution < 1.29 is 9.52 Å². The molecule has 0 atom stereocenters. The molecule has 0 unspecified atom stereocenters. The summed E-state index contributed by atoms with van der Waals surface area (Å²) in [7, 11) is 1.89. The summed E-state index contributed by atoms with van der Waals surface area (Å²) in [5.41, 5.74) is 1.78. The maximum atomic E-state index is 12.6. The largest absolute Gasteiger partial charge is 0.711 e. The Morgan fingerprint density at radius 2 is 1.77 bits per heavy atom. The normalized spacial score (nSPS) is 17.8. The van der Waals surface area contributed by atoms with Crippen molar-refractivity contribution in [3.05, 3.63) is 47.6 Å². The minimum atomic E-state index is 0.0837. The van der Waals surface area contributed by atoms with Gasteiger partial charge in [-0.3, -0.25) is 9.69 Å². The second kappa shape index (κ2) is 6.90. The van der Waals surface area contributed by atoms with Crippen LogP contribution in [0.3, 0.4) is 0 Å². The molecule has 1 amide bonds. The molecule has 0 N–H and O–H groups in total. The second-order valence-corrected chi connectivity index (χ2v) is 7.05.